The number of benzene rings is 2. The van der Waals surface area contributed by atoms with Gasteiger partial charge in [0.25, 0.3) is 0 Å². The van der Waals surface area contributed by atoms with Crippen molar-refractivity contribution in [2.75, 3.05) is 13.6 Å². The molecule has 2 aromatic carbocycles. The first-order chi connectivity index (χ1) is 13.9. The fourth-order valence-corrected chi connectivity index (χ4v) is 4.36. The summed E-state index contributed by atoms with van der Waals surface area (Å²) < 4.78 is 26.6. The van der Waals surface area contributed by atoms with Gasteiger partial charge in [0.1, 0.15) is 0 Å². The number of nitrogens with zero attached hydrogens (tertiary/aromatic N) is 1. The molecule has 6 nitrogen and oxygen atoms in total. The van der Waals surface area contributed by atoms with Gasteiger partial charge in [0.15, 0.2) is 5.96 Å². The van der Waals surface area contributed by atoms with Crippen molar-refractivity contribution in [2.24, 2.45) is 4.99 Å². The summed E-state index contributed by atoms with van der Waals surface area (Å²) in [4.78, 5) is 4.25. The quantitative estimate of drug-likeness (QED) is 0.316. The first kappa shape index (κ1) is 22.9. The summed E-state index contributed by atoms with van der Waals surface area (Å²) in [5.41, 5.74) is 3.17. The van der Waals surface area contributed by atoms with Gasteiger partial charge in [-0.05, 0) is 43.4 Å². The van der Waals surface area contributed by atoms with Gasteiger partial charge in [0.05, 0.1) is 5.75 Å². The Kier molecular flexibility index (Phi) is 9.15. The maximum Gasteiger partial charge on any atom is 0.216 e. The van der Waals surface area contributed by atoms with E-state index in [0.29, 0.717) is 6.54 Å². The Morgan fingerprint density at radius 2 is 1.59 bits per heavy atom. The average molecular weight is 417 g/mol. The van der Waals surface area contributed by atoms with Gasteiger partial charge >= 0.3 is 0 Å². The Bertz CT molecular complexity index is 863. The Morgan fingerprint density at radius 1 is 0.931 bits per heavy atom. The Hall–Kier alpha value is -2.38. The van der Waals surface area contributed by atoms with Crippen LogP contribution in [0.3, 0.4) is 0 Å². The van der Waals surface area contributed by atoms with Crippen LogP contribution in [0, 0.1) is 0 Å². The van der Waals surface area contributed by atoms with E-state index in [1.54, 1.807) is 7.05 Å². The van der Waals surface area contributed by atoms with Crippen LogP contribution in [0.1, 0.15) is 37.0 Å². The van der Waals surface area contributed by atoms with Crippen LogP contribution in [0.25, 0.3) is 0 Å². The highest BCUT2D eigenvalue weighted by molar-refractivity contribution is 7.88. The van der Waals surface area contributed by atoms with Crippen LogP contribution in [0.2, 0.25) is 0 Å². The molecule has 2 rings (SSSR count). The van der Waals surface area contributed by atoms with Crippen molar-refractivity contribution < 1.29 is 8.42 Å². The molecule has 0 radical (unpaired) electrons. The molecule has 7 heteroatoms. The van der Waals surface area contributed by atoms with Crippen LogP contribution in [-0.4, -0.2) is 34.0 Å². The van der Waals surface area contributed by atoms with E-state index in [1.807, 2.05) is 44.2 Å². The Balaban J connectivity index is 1.74. The minimum atomic E-state index is -3.30. The number of sulfonamides is 1. The van der Waals surface area contributed by atoms with E-state index in [1.165, 1.54) is 5.56 Å². The minimum Gasteiger partial charge on any atom is -0.356 e. The van der Waals surface area contributed by atoms with E-state index in [0.717, 1.165) is 36.5 Å². The predicted octanol–water partition coefficient (Wildman–Crippen LogP) is 2.81. The summed E-state index contributed by atoms with van der Waals surface area (Å²) >= 11 is 0. The molecule has 0 aliphatic heterocycles. The van der Waals surface area contributed by atoms with Crippen LogP contribution in [0.4, 0.5) is 0 Å². The molecule has 2 aromatic rings. The van der Waals surface area contributed by atoms with Crippen molar-refractivity contribution in [3.05, 3.63) is 71.3 Å². The molecular weight excluding hydrogens is 384 g/mol. The summed E-state index contributed by atoms with van der Waals surface area (Å²) in [6.45, 7) is 5.09. The molecule has 0 atom stereocenters. The lowest BCUT2D eigenvalue weighted by molar-refractivity contribution is 0.569. The van der Waals surface area contributed by atoms with Crippen molar-refractivity contribution >= 4 is 16.0 Å². The number of hydrogen-bond acceptors (Lipinski definition) is 3. The normalized spacial score (nSPS) is 12.2. The zero-order chi connectivity index (χ0) is 21.1. The number of guanidine groups is 1. The van der Waals surface area contributed by atoms with E-state index in [4.69, 9.17) is 0 Å². The van der Waals surface area contributed by atoms with Gasteiger partial charge < -0.3 is 10.6 Å². The second-order valence-electron chi connectivity index (χ2n) is 7.29. The van der Waals surface area contributed by atoms with Crippen molar-refractivity contribution in [1.29, 1.82) is 0 Å². The number of hydrogen-bond donors (Lipinski definition) is 3. The molecule has 29 heavy (non-hydrogen) atoms. The molecule has 0 amide bonds. The zero-order valence-electron chi connectivity index (χ0n) is 17.5. The second-order valence-corrected chi connectivity index (χ2v) is 9.04. The van der Waals surface area contributed by atoms with Gasteiger partial charge in [-0.25, -0.2) is 13.1 Å². The molecule has 158 valence electrons. The highest BCUT2D eigenvalue weighted by Gasteiger charge is 2.12. The molecule has 3 N–H and O–H groups in total. The van der Waals surface area contributed by atoms with Gasteiger partial charge in [0, 0.05) is 26.2 Å². The fourth-order valence-electron chi connectivity index (χ4n) is 2.92. The van der Waals surface area contributed by atoms with Crippen LogP contribution in [0.15, 0.2) is 59.6 Å². The van der Waals surface area contributed by atoms with Crippen molar-refractivity contribution in [3.63, 3.8) is 0 Å². The molecule has 0 fully saturated rings. The molecule has 0 aromatic heterocycles. The molecule has 0 aliphatic rings. The largest absolute Gasteiger partial charge is 0.356 e. The number of aryl methyl sites for hydroxylation is 1. The zero-order valence-corrected chi connectivity index (χ0v) is 18.3. The van der Waals surface area contributed by atoms with Gasteiger partial charge in [0.2, 0.25) is 10.0 Å². The van der Waals surface area contributed by atoms with E-state index >= 15 is 0 Å². The van der Waals surface area contributed by atoms with Gasteiger partial charge in [-0.3, -0.25) is 4.99 Å². The Morgan fingerprint density at radius 3 is 2.21 bits per heavy atom. The van der Waals surface area contributed by atoms with E-state index in [2.05, 4.69) is 44.6 Å². The van der Waals surface area contributed by atoms with E-state index < -0.39 is 10.0 Å². The first-order valence-electron chi connectivity index (χ1n) is 9.94. The molecule has 0 aliphatic carbocycles. The lowest BCUT2D eigenvalue weighted by Gasteiger charge is -2.13. The topological polar surface area (TPSA) is 82.6 Å². The summed E-state index contributed by atoms with van der Waals surface area (Å²) in [6, 6.07) is 17.9. The molecule has 0 unspecified atom stereocenters. The van der Waals surface area contributed by atoms with Crippen LogP contribution in [-0.2, 0) is 28.7 Å². The standard InChI is InChI=1S/C22H32N4O2S/c1-18(2)26-29(27,28)17-21-13-11-20(12-14-21)16-25-22(23-3)24-15-7-10-19-8-5-4-6-9-19/h4-6,8-9,11-14,18,26H,7,10,15-17H2,1-3H3,(H2,23,24,25). The number of nitrogens with one attached hydrogen (secondary N) is 3. The summed E-state index contributed by atoms with van der Waals surface area (Å²) in [7, 11) is -1.55. The third-order valence-electron chi connectivity index (χ3n) is 4.26. The summed E-state index contributed by atoms with van der Waals surface area (Å²) in [5.74, 6) is 0.745. The molecule has 0 bridgehead atoms. The number of rotatable bonds is 10. The van der Waals surface area contributed by atoms with E-state index in [-0.39, 0.29) is 11.8 Å². The third-order valence-corrected chi connectivity index (χ3v) is 5.80. The molecule has 0 spiro atoms. The Labute approximate surface area is 174 Å². The molecule has 0 saturated heterocycles. The molecule has 0 heterocycles. The highest BCUT2D eigenvalue weighted by atomic mass is 32.2. The van der Waals surface area contributed by atoms with Crippen molar-refractivity contribution in [2.45, 2.75) is 45.0 Å². The smallest absolute Gasteiger partial charge is 0.216 e. The second kappa shape index (κ2) is 11.6. The van der Waals surface area contributed by atoms with E-state index in [9.17, 15) is 8.42 Å². The monoisotopic (exact) mass is 416 g/mol. The maximum atomic E-state index is 12.0. The fraction of sp³-hybridized carbons (Fsp3) is 0.409. The highest BCUT2D eigenvalue weighted by Crippen LogP contribution is 2.08. The predicted molar refractivity (Wildman–Crippen MR) is 120 cm³/mol. The lowest BCUT2D eigenvalue weighted by Crippen LogP contribution is -2.37. The molecule has 0 saturated carbocycles. The lowest BCUT2D eigenvalue weighted by atomic mass is 10.1. The van der Waals surface area contributed by atoms with Crippen LogP contribution >= 0.6 is 0 Å². The van der Waals surface area contributed by atoms with Crippen molar-refractivity contribution in [1.82, 2.24) is 15.4 Å². The van der Waals surface area contributed by atoms with Crippen LogP contribution in [0.5, 0.6) is 0 Å². The summed E-state index contributed by atoms with van der Waals surface area (Å²) in [6.07, 6.45) is 2.05. The third kappa shape index (κ3) is 9.11. The van der Waals surface area contributed by atoms with Gasteiger partial charge in [-0.15, -0.1) is 0 Å². The van der Waals surface area contributed by atoms with Gasteiger partial charge in [-0.1, -0.05) is 54.6 Å². The number of aliphatic imine (C=N–C) groups is 1. The summed E-state index contributed by atoms with van der Waals surface area (Å²) in [5, 5.41) is 6.61. The maximum absolute atomic E-state index is 12.0. The average Bonchev–Trinajstić information content (AvgIpc) is 2.68. The SMILES string of the molecule is CN=C(NCCCc1ccccc1)NCc1ccc(CS(=O)(=O)NC(C)C)cc1. The van der Waals surface area contributed by atoms with Crippen LogP contribution < -0.4 is 15.4 Å². The minimum absolute atomic E-state index is 0.0104. The van der Waals surface area contributed by atoms with Gasteiger partial charge in [-0.2, -0.15) is 0 Å². The first-order valence-corrected chi connectivity index (χ1v) is 11.6. The molecular formula is C22H32N4O2S. The van der Waals surface area contributed by atoms with Crippen molar-refractivity contribution in [3.8, 4) is 0 Å².